The van der Waals surface area contributed by atoms with Gasteiger partial charge in [-0.3, -0.25) is 0 Å². The first-order chi connectivity index (χ1) is 8.55. The Bertz CT molecular complexity index is 352. The number of unbranched alkanes of at least 4 members (excludes halogenated alkanes) is 1. The summed E-state index contributed by atoms with van der Waals surface area (Å²) < 4.78 is 43.1. The number of alkyl halides is 3. The van der Waals surface area contributed by atoms with Crippen molar-refractivity contribution in [2.24, 2.45) is 0 Å². The highest BCUT2D eigenvalue weighted by molar-refractivity contribution is 5.35. The van der Waals surface area contributed by atoms with E-state index in [0.29, 0.717) is 6.61 Å². The van der Waals surface area contributed by atoms with Gasteiger partial charge >= 0.3 is 6.18 Å². The summed E-state index contributed by atoms with van der Waals surface area (Å²) in [5, 5.41) is 3.15. The average molecular weight is 261 g/mol. The van der Waals surface area contributed by atoms with E-state index in [2.05, 4.69) is 5.32 Å². The maximum atomic E-state index is 12.6. The number of hydrogen-bond donors (Lipinski definition) is 1. The van der Waals surface area contributed by atoms with Gasteiger partial charge in [0, 0.05) is 0 Å². The van der Waals surface area contributed by atoms with E-state index in [0.717, 1.165) is 32.0 Å². The van der Waals surface area contributed by atoms with E-state index in [4.69, 9.17) is 4.74 Å². The van der Waals surface area contributed by atoms with Crippen LogP contribution in [0.5, 0.6) is 5.75 Å². The first-order valence-electron chi connectivity index (χ1n) is 6.05. The van der Waals surface area contributed by atoms with Crippen molar-refractivity contribution in [3.63, 3.8) is 0 Å². The average Bonchev–Trinajstić information content (AvgIpc) is 2.33. The van der Waals surface area contributed by atoms with Crippen molar-refractivity contribution in [1.29, 1.82) is 0 Å². The first kappa shape index (κ1) is 14.8. The Morgan fingerprint density at radius 2 is 1.89 bits per heavy atom. The standard InChI is InChI=1S/C13H18F3NO/c1-2-17-9-5-6-10-18-12-8-4-3-7-11(12)13(14,15)16/h3-4,7-8,17H,2,5-6,9-10H2,1H3. The molecule has 1 rings (SSSR count). The van der Waals surface area contributed by atoms with Gasteiger partial charge in [0.05, 0.1) is 12.2 Å². The predicted molar refractivity (Wildman–Crippen MR) is 64.7 cm³/mol. The van der Waals surface area contributed by atoms with E-state index in [9.17, 15) is 13.2 Å². The highest BCUT2D eigenvalue weighted by Gasteiger charge is 2.33. The van der Waals surface area contributed by atoms with Crippen molar-refractivity contribution < 1.29 is 17.9 Å². The summed E-state index contributed by atoms with van der Waals surface area (Å²) in [6.07, 6.45) is -2.73. The first-order valence-corrected chi connectivity index (χ1v) is 6.05. The third kappa shape index (κ3) is 4.96. The molecule has 1 aromatic rings. The summed E-state index contributed by atoms with van der Waals surface area (Å²) in [6.45, 7) is 4.08. The number of nitrogens with one attached hydrogen (secondary N) is 1. The normalized spacial score (nSPS) is 11.6. The number of para-hydroxylation sites is 1. The van der Waals surface area contributed by atoms with Crippen LogP contribution in [0, 0.1) is 0 Å². The van der Waals surface area contributed by atoms with Gasteiger partial charge < -0.3 is 10.1 Å². The Hall–Kier alpha value is -1.23. The molecule has 18 heavy (non-hydrogen) atoms. The number of ether oxygens (including phenoxy) is 1. The minimum absolute atomic E-state index is 0.0894. The molecule has 0 radical (unpaired) electrons. The monoisotopic (exact) mass is 261 g/mol. The molecule has 0 saturated heterocycles. The van der Waals surface area contributed by atoms with Gasteiger partial charge in [0.1, 0.15) is 5.75 Å². The quantitative estimate of drug-likeness (QED) is 0.759. The third-order valence-corrected chi connectivity index (χ3v) is 2.45. The molecule has 0 atom stereocenters. The zero-order valence-electron chi connectivity index (χ0n) is 10.4. The zero-order valence-corrected chi connectivity index (χ0v) is 10.4. The second-order valence-corrected chi connectivity index (χ2v) is 3.90. The van der Waals surface area contributed by atoms with Crippen LogP contribution in [-0.2, 0) is 6.18 Å². The minimum Gasteiger partial charge on any atom is -0.493 e. The number of rotatable bonds is 7. The summed E-state index contributed by atoms with van der Waals surface area (Å²) in [5.41, 5.74) is -0.711. The fourth-order valence-electron chi connectivity index (χ4n) is 1.54. The largest absolute Gasteiger partial charge is 0.493 e. The lowest BCUT2D eigenvalue weighted by molar-refractivity contribution is -0.138. The molecule has 0 aliphatic rings. The SMILES string of the molecule is CCNCCCCOc1ccccc1C(F)(F)F. The molecule has 0 fully saturated rings. The van der Waals surface area contributed by atoms with Crippen LogP contribution in [0.15, 0.2) is 24.3 Å². The zero-order chi connectivity index (χ0) is 13.4. The molecule has 0 unspecified atom stereocenters. The molecule has 102 valence electrons. The van der Waals surface area contributed by atoms with Crippen LogP contribution in [0.4, 0.5) is 13.2 Å². The number of hydrogen-bond acceptors (Lipinski definition) is 2. The topological polar surface area (TPSA) is 21.3 Å². The molecular formula is C13H18F3NO. The van der Waals surface area contributed by atoms with Crippen LogP contribution in [0.3, 0.4) is 0 Å². The van der Waals surface area contributed by atoms with E-state index in [1.165, 1.54) is 12.1 Å². The van der Waals surface area contributed by atoms with Crippen molar-refractivity contribution in [1.82, 2.24) is 5.32 Å². The summed E-state index contributed by atoms with van der Waals surface area (Å²) in [6, 6.07) is 5.30. The summed E-state index contributed by atoms with van der Waals surface area (Å²) in [5.74, 6) is -0.0894. The molecule has 0 bridgehead atoms. The Morgan fingerprint density at radius 3 is 2.56 bits per heavy atom. The number of benzene rings is 1. The van der Waals surface area contributed by atoms with Crippen molar-refractivity contribution >= 4 is 0 Å². The van der Waals surface area contributed by atoms with Crippen LogP contribution in [0.2, 0.25) is 0 Å². The van der Waals surface area contributed by atoms with E-state index in [-0.39, 0.29) is 5.75 Å². The van der Waals surface area contributed by atoms with E-state index in [1.54, 1.807) is 6.07 Å². The van der Waals surface area contributed by atoms with Gasteiger partial charge in [-0.05, 0) is 38.1 Å². The van der Waals surface area contributed by atoms with Gasteiger partial charge in [0.15, 0.2) is 0 Å². The lowest BCUT2D eigenvalue weighted by Gasteiger charge is -2.13. The van der Waals surface area contributed by atoms with Crippen LogP contribution in [0.25, 0.3) is 0 Å². The molecule has 0 saturated carbocycles. The molecule has 1 aromatic carbocycles. The van der Waals surface area contributed by atoms with Gasteiger partial charge in [-0.1, -0.05) is 19.1 Å². The van der Waals surface area contributed by atoms with Crippen LogP contribution >= 0.6 is 0 Å². The maximum absolute atomic E-state index is 12.6. The van der Waals surface area contributed by atoms with Gasteiger partial charge in [-0.2, -0.15) is 13.2 Å². The molecule has 0 spiro atoms. The third-order valence-electron chi connectivity index (χ3n) is 2.45. The summed E-state index contributed by atoms with van der Waals surface area (Å²) >= 11 is 0. The molecule has 0 amide bonds. The van der Waals surface area contributed by atoms with Crippen LogP contribution < -0.4 is 10.1 Å². The Balaban J connectivity index is 2.43. The van der Waals surface area contributed by atoms with Crippen LogP contribution in [0.1, 0.15) is 25.3 Å². The fourth-order valence-corrected chi connectivity index (χ4v) is 1.54. The van der Waals surface area contributed by atoms with E-state index < -0.39 is 11.7 Å². The lowest BCUT2D eigenvalue weighted by atomic mass is 10.2. The lowest BCUT2D eigenvalue weighted by Crippen LogP contribution is -2.15. The molecule has 0 aliphatic carbocycles. The van der Waals surface area contributed by atoms with Gasteiger partial charge in [0.25, 0.3) is 0 Å². The smallest absolute Gasteiger partial charge is 0.419 e. The molecule has 0 aromatic heterocycles. The Labute approximate surface area is 105 Å². The minimum atomic E-state index is -4.36. The Kier molecular flexibility index (Phi) is 5.98. The summed E-state index contributed by atoms with van der Waals surface area (Å²) in [7, 11) is 0. The van der Waals surface area contributed by atoms with Gasteiger partial charge in [-0.15, -0.1) is 0 Å². The van der Waals surface area contributed by atoms with Gasteiger partial charge in [0.2, 0.25) is 0 Å². The second kappa shape index (κ2) is 7.26. The molecule has 1 N–H and O–H groups in total. The molecular weight excluding hydrogens is 243 g/mol. The van der Waals surface area contributed by atoms with E-state index in [1.807, 2.05) is 6.92 Å². The van der Waals surface area contributed by atoms with Crippen molar-refractivity contribution in [3.05, 3.63) is 29.8 Å². The molecule has 5 heteroatoms. The predicted octanol–water partition coefficient (Wildman–Crippen LogP) is 3.47. The fraction of sp³-hybridized carbons (Fsp3) is 0.538. The Morgan fingerprint density at radius 1 is 1.17 bits per heavy atom. The van der Waals surface area contributed by atoms with E-state index >= 15 is 0 Å². The molecule has 0 heterocycles. The second-order valence-electron chi connectivity index (χ2n) is 3.90. The van der Waals surface area contributed by atoms with Crippen molar-refractivity contribution in [2.75, 3.05) is 19.7 Å². The van der Waals surface area contributed by atoms with Crippen LogP contribution in [-0.4, -0.2) is 19.7 Å². The highest BCUT2D eigenvalue weighted by atomic mass is 19.4. The molecule has 2 nitrogen and oxygen atoms in total. The molecule has 0 aliphatic heterocycles. The maximum Gasteiger partial charge on any atom is 0.419 e. The number of halogens is 3. The highest BCUT2D eigenvalue weighted by Crippen LogP contribution is 2.35. The van der Waals surface area contributed by atoms with Crippen molar-refractivity contribution in [3.8, 4) is 5.75 Å². The summed E-state index contributed by atoms with van der Waals surface area (Å²) in [4.78, 5) is 0. The van der Waals surface area contributed by atoms with Gasteiger partial charge in [-0.25, -0.2) is 0 Å². The van der Waals surface area contributed by atoms with Crippen molar-refractivity contribution in [2.45, 2.75) is 25.9 Å².